The van der Waals surface area contributed by atoms with Gasteiger partial charge in [0.15, 0.2) is 0 Å². The molecular weight excluding hydrogens is 284 g/mol. The van der Waals surface area contributed by atoms with Gasteiger partial charge in [-0.05, 0) is 24.6 Å². The van der Waals surface area contributed by atoms with Gasteiger partial charge >= 0.3 is 6.09 Å². The number of carbonyl (C=O) groups excluding carboxylic acids is 2. The number of rotatable bonds is 1. The first-order valence-corrected chi connectivity index (χ1v) is 6.52. The highest BCUT2D eigenvalue weighted by Crippen LogP contribution is 2.29. The average molecular weight is 295 g/mol. The molecule has 1 saturated heterocycles. The lowest BCUT2D eigenvalue weighted by Crippen LogP contribution is -2.42. The Kier molecular flexibility index (Phi) is 2.90. The minimum absolute atomic E-state index is 0.161. The van der Waals surface area contributed by atoms with Gasteiger partial charge in [0.05, 0.1) is 17.2 Å². The van der Waals surface area contributed by atoms with Crippen LogP contribution in [0.15, 0.2) is 18.2 Å². The van der Waals surface area contributed by atoms with Crippen LogP contribution in [-0.2, 0) is 0 Å². The van der Waals surface area contributed by atoms with Gasteiger partial charge < -0.3 is 10.0 Å². The fraction of sp³-hybridized carbons (Fsp3) is 0.308. The Morgan fingerprint density at radius 1 is 1.25 bits per heavy atom. The second kappa shape index (κ2) is 4.49. The van der Waals surface area contributed by atoms with E-state index in [1.807, 2.05) is 0 Å². The smallest absolute Gasteiger partial charge is 0.407 e. The molecule has 2 heterocycles. The molecule has 2 aliphatic rings. The van der Waals surface area contributed by atoms with E-state index >= 15 is 0 Å². The number of likely N-dealkylation sites (tertiary alicyclic amines) is 1. The van der Waals surface area contributed by atoms with E-state index in [9.17, 15) is 14.4 Å². The van der Waals surface area contributed by atoms with Crippen molar-refractivity contribution in [2.24, 2.45) is 0 Å². The Bertz CT molecular complexity index is 631. The van der Waals surface area contributed by atoms with Crippen LogP contribution in [0.3, 0.4) is 0 Å². The number of carboxylic acid groups (broad SMARTS) is 1. The predicted octanol–water partition coefficient (Wildman–Crippen LogP) is 1.69. The molecule has 104 valence electrons. The molecule has 1 aromatic rings. The first-order valence-electron chi connectivity index (χ1n) is 6.14. The summed E-state index contributed by atoms with van der Waals surface area (Å²) >= 11 is 5.84. The molecule has 6 nitrogen and oxygen atoms in total. The number of benzene rings is 1. The lowest BCUT2D eigenvalue weighted by Gasteiger charge is -2.21. The van der Waals surface area contributed by atoms with Crippen LogP contribution in [0.2, 0.25) is 5.02 Å². The second-order valence-electron chi connectivity index (χ2n) is 4.84. The van der Waals surface area contributed by atoms with Crippen LogP contribution >= 0.6 is 11.6 Å². The molecule has 20 heavy (non-hydrogen) atoms. The molecule has 7 heteroatoms. The summed E-state index contributed by atoms with van der Waals surface area (Å²) in [6.07, 6.45) is -0.571. The minimum Gasteiger partial charge on any atom is -0.465 e. The average Bonchev–Trinajstić information content (AvgIpc) is 2.95. The maximum atomic E-state index is 12.3. The van der Waals surface area contributed by atoms with Crippen molar-refractivity contribution < 1.29 is 19.5 Å². The van der Waals surface area contributed by atoms with Gasteiger partial charge in [-0.2, -0.15) is 0 Å². The van der Waals surface area contributed by atoms with Gasteiger partial charge in [-0.3, -0.25) is 14.5 Å². The summed E-state index contributed by atoms with van der Waals surface area (Å²) in [6.45, 7) is 0.489. The fourth-order valence-electron chi connectivity index (χ4n) is 2.69. The Labute approximate surface area is 119 Å². The van der Waals surface area contributed by atoms with Crippen LogP contribution in [0.4, 0.5) is 4.79 Å². The number of halogens is 1. The van der Waals surface area contributed by atoms with Crippen LogP contribution in [0.5, 0.6) is 0 Å². The number of fused-ring (bicyclic) bond motifs is 1. The van der Waals surface area contributed by atoms with Crippen molar-refractivity contribution in [3.8, 4) is 0 Å². The minimum atomic E-state index is -1.04. The molecule has 0 spiro atoms. The van der Waals surface area contributed by atoms with Crippen molar-refractivity contribution in [3.63, 3.8) is 0 Å². The van der Waals surface area contributed by atoms with Crippen LogP contribution in [0, 0.1) is 0 Å². The van der Waals surface area contributed by atoms with Crippen molar-refractivity contribution >= 4 is 29.5 Å². The SMILES string of the molecule is O=C(O)N1CC[C@@H](N2C(=O)c3ccc(Cl)cc3C2=O)C1. The summed E-state index contributed by atoms with van der Waals surface area (Å²) in [6, 6.07) is 4.16. The van der Waals surface area contributed by atoms with E-state index in [2.05, 4.69) is 0 Å². The van der Waals surface area contributed by atoms with Gasteiger partial charge in [0.2, 0.25) is 0 Å². The summed E-state index contributed by atoms with van der Waals surface area (Å²) < 4.78 is 0. The van der Waals surface area contributed by atoms with E-state index < -0.39 is 18.0 Å². The van der Waals surface area contributed by atoms with Gasteiger partial charge in [0.25, 0.3) is 11.8 Å². The first kappa shape index (κ1) is 12.9. The quantitative estimate of drug-likeness (QED) is 0.800. The molecule has 0 aliphatic carbocycles. The third-order valence-electron chi connectivity index (χ3n) is 3.68. The number of hydrogen-bond acceptors (Lipinski definition) is 3. The van der Waals surface area contributed by atoms with E-state index in [1.165, 1.54) is 17.0 Å². The Morgan fingerprint density at radius 2 is 1.95 bits per heavy atom. The second-order valence-corrected chi connectivity index (χ2v) is 5.28. The number of carbonyl (C=O) groups is 3. The lowest BCUT2D eigenvalue weighted by atomic mass is 10.1. The molecular formula is C13H11ClN2O4. The molecule has 1 N–H and O–H groups in total. The maximum absolute atomic E-state index is 12.3. The number of imide groups is 1. The van der Waals surface area contributed by atoms with Crippen molar-refractivity contribution in [3.05, 3.63) is 34.3 Å². The zero-order chi connectivity index (χ0) is 14.4. The van der Waals surface area contributed by atoms with Crippen LogP contribution in [-0.4, -0.2) is 51.9 Å². The van der Waals surface area contributed by atoms with Crippen LogP contribution in [0.1, 0.15) is 27.1 Å². The predicted molar refractivity (Wildman–Crippen MR) is 70.0 cm³/mol. The number of hydrogen-bond donors (Lipinski definition) is 1. The van der Waals surface area contributed by atoms with Gasteiger partial charge in [-0.25, -0.2) is 4.79 Å². The zero-order valence-corrected chi connectivity index (χ0v) is 11.1. The highest BCUT2D eigenvalue weighted by Gasteiger charge is 2.43. The fourth-order valence-corrected chi connectivity index (χ4v) is 2.86. The lowest BCUT2D eigenvalue weighted by molar-refractivity contribution is 0.0586. The molecule has 1 aromatic carbocycles. The molecule has 2 aliphatic heterocycles. The van der Waals surface area contributed by atoms with E-state index in [0.717, 1.165) is 4.90 Å². The maximum Gasteiger partial charge on any atom is 0.407 e. The van der Waals surface area contributed by atoms with Crippen LogP contribution < -0.4 is 0 Å². The molecule has 0 aromatic heterocycles. The summed E-state index contributed by atoms with van der Waals surface area (Å²) in [7, 11) is 0. The monoisotopic (exact) mass is 294 g/mol. The van der Waals surface area contributed by atoms with Crippen LogP contribution in [0.25, 0.3) is 0 Å². The van der Waals surface area contributed by atoms with Crippen molar-refractivity contribution in [2.45, 2.75) is 12.5 Å². The Hall–Kier alpha value is -2.08. The van der Waals surface area contributed by atoms with E-state index in [4.69, 9.17) is 16.7 Å². The molecule has 0 saturated carbocycles. The third-order valence-corrected chi connectivity index (χ3v) is 3.91. The highest BCUT2D eigenvalue weighted by molar-refractivity contribution is 6.32. The van der Waals surface area contributed by atoms with Crippen molar-refractivity contribution in [2.75, 3.05) is 13.1 Å². The van der Waals surface area contributed by atoms with Gasteiger partial charge in [-0.15, -0.1) is 0 Å². The standard InChI is InChI=1S/C13H11ClN2O4/c14-7-1-2-9-10(5-7)12(18)16(11(9)17)8-3-4-15(6-8)13(19)20/h1-2,5,8H,3-4,6H2,(H,19,20)/t8-/m1/s1. The highest BCUT2D eigenvalue weighted by atomic mass is 35.5. The van der Waals surface area contributed by atoms with E-state index in [1.54, 1.807) is 6.07 Å². The third kappa shape index (κ3) is 1.84. The molecule has 0 unspecified atom stereocenters. The largest absolute Gasteiger partial charge is 0.465 e. The molecule has 1 fully saturated rings. The summed E-state index contributed by atoms with van der Waals surface area (Å²) in [5.74, 6) is -0.774. The molecule has 0 radical (unpaired) electrons. The van der Waals surface area contributed by atoms with E-state index in [0.29, 0.717) is 23.6 Å². The van der Waals surface area contributed by atoms with E-state index in [-0.39, 0.29) is 18.0 Å². The van der Waals surface area contributed by atoms with Gasteiger partial charge in [0.1, 0.15) is 0 Å². The summed E-state index contributed by atoms with van der Waals surface area (Å²) in [5, 5.41) is 9.33. The topological polar surface area (TPSA) is 77.9 Å². The number of amides is 3. The Balaban J connectivity index is 1.89. The molecule has 1 atom stereocenters. The zero-order valence-electron chi connectivity index (χ0n) is 10.4. The van der Waals surface area contributed by atoms with Crippen molar-refractivity contribution in [1.82, 2.24) is 9.80 Å². The molecule has 0 bridgehead atoms. The normalized spacial score (nSPS) is 21.6. The van der Waals surface area contributed by atoms with Gasteiger partial charge in [-0.1, -0.05) is 11.6 Å². The van der Waals surface area contributed by atoms with Gasteiger partial charge in [0, 0.05) is 18.1 Å². The first-order chi connectivity index (χ1) is 9.49. The van der Waals surface area contributed by atoms with Crippen molar-refractivity contribution in [1.29, 1.82) is 0 Å². The molecule has 3 amide bonds. The Morgan fingerprint density at radius 3 is 2.60 bits per heavy atom. The molecule has 3 rings (SSSR count). The summed E-state index contributed by atoms with van der Waals surface area (Å²) in [4.78, 5) is 37.9. The number of nitrogens with zero attached hydrogens (tertiary/aromatic N) is 2. The summed E-state index contributed by atoms with van der Waals surface area (Å²) in [5.41, 5.74) is 0.615.